The Kier molecular flexibility index (Phi) is 2.41. The molecule has 1 aromatic carbocycles. The molecule has 14 heavy (non-hydrogen) atoms. The second-order valence-electron chi connectivity index (χ2n) is 2.90. The fraction of sp³-hybridized carbons (Fsp3) is 0. The number of rotatable bonds is 2. The van der Waals surface area contributed by atoms with Gasteiger partial charge < -0.3 is 4.42 Å². The first kappa shape index (κ1) is 9.09. The molecule has 0 fully saturated rings. The van der Waals surface area contributed by atoms with Crippen LogP contribution in [0.2, 0.25) is 0 Å². The molecule has 70 valence electrons. The van der Waals surface area contributed by atoms with Gasteiger partial charge in [-0.25, -0.2) is 0 Å². The summed E-state index contributed by atoms with van der Waals surface area (Å²) >= 11 is 4.17. The van der Waals surface area contributed by atoms with E-state index in [1.165, 1.54) is 6.21 Å². The maximum absolute atomic E-state index is 5.44. The molecule has 0 spiro atoms. The molecule has 0 saturated carbocycles. The van der Waals surface area contributed by atoms with Crippen LogP contribution in [0.1, 0.15) is 5.56 Å². The molecule has 2 nitrogen and oxygen atoms in total. The van der Waals surface area contributed by atoms with Crippen molar-refractivity contribution in [3.63, 3.8) is 0 Å². The minimum absolute atomic E-state index is 0.548. The maximum Gasteiger partial charge on any atom is 0.171 e. The molecule has 0 bridgehead atoms. The second-order valence-corrected chi connectivity index (χ2v) is 3.31. The van der Waals surface area contributed by atoms with Crippen molar-refractivity contribution in [3.8, 4) is 11.3 Å². The van der Waals surface area contributed by atoms with E-state index in [-0.39, 0.29) is 0 Å². The molecule has 0 aliphatic carbocycles. The molecule has 3 heteroatoms. The Balaban J connectivity index is 2.48. The van der Waals surface area contributed by atoms with E-state index in [4.69, 9.17) is 9.83 Å². The minimum atomic E-state index is 0.548. The summed E-state index contributed by atoms with van der Waals surface area (Å²) in [6.45, 7) is 0. The van der Waals surface area contributed by atoms with Crippen LogP contribution in [0.4, 0.5) is 0 Å². The van der Waals surface area contributed by atoms with Crippen LogP contribution in [-0.2, 0) is 0 Å². The Morgan fingerprint density at radius 3 is 2.50 bits per heavy atom. The molecule has 1 aromatic heterocycles. The van der Waals surface area contributed by atoms with Gasteiger partial charge in [0.15, 0.2) is 11.3 Å². The van der Waals surface area contributed by atoms with Gasteiger partial charge in [0.25, 0.3) is 0 Å². The number of thiol groups is 1. The highest BCUT2D eigenvalue weighted by Gasteiger charge is 2.08. The summed E-state index contributed by atoms with van der Waals surface area (Å²) in [4.78, 5) is 0. The van der Waals surface area contributed by atoms with Crippen LogP contribution in [0.5, 0.6) is 0 Å². The van der Waals surface area contributed by atoms with Gasteiger partial charge in [0.2, 0.25) is 0 Å². The average molecular weight is 204 g/mol. The zero-order valence-corrected chi connectivity index (χ0v) is 8.37. The van der Waals surface area contributed by atoms with Crippen molar-refractivity contribution < 1.29 is 9.83 Å². The zero-order valence-electron chi connectivity index (χ0n) is 7.47. The van der Waals surface area contributed by atoms with Crippen LogP contribution >= 0.6 is 12.6 Å². The third-order valence-corrected chi connectivity index (χ3v) is 2.33. The third-order valence-electron chi connectivity index (χ3n) is 1.98. The highest BCUT2D eigenvalue weighted by Crippen LogP contribution is 2.26. The van der Waals surface area contributed by atoms with E-state index < -0.39 is 0 Å². The van der Waals surface area contributed by atoms with Crippen LogP contribution in [0.15, 0.2) is 45.9 Å². The normalized spacial score (nSPS) is 10.1. The minimum Gasteiger partial charge on any atom is -0.449 e. The summed E-state index contributed by atoms with van der Waals surface area (Å²) in [5.74, 6) is 0.785. The lowest BCUT2D eigenvalue weighted by Crippen LogP contribution is -2.29. The van der Waals surface area contributed by atoms with E-state index in [0.717, 1.165) is 16.9 Å². The smallest absolute Gasteiger partial charge is 0.171 e. The van der Waals surface area contributed by atoms with Gasteiger partial charge in [-0.1, -0.05) is 30.3 Å². The highest BCUT2D eigenvalue weighted by atomic mass is 32.1. The molecule has 0 atom stereocenters. The fourth-order valence-corrected chi connectivity index (χ4v) is 1.50. The SMILES string of the molecule is [NH2+]=Cc1cc(-c2ccccc2)oc1S. The van der Waals surface area contributed by atoms with Gasteiger partial charge in [0, 0.05) is 5.56 Å². The lowest BCUT2D eigenvalue weighted by Gasteiger charge is -1.93. The lowest BCUT2D eigenvalue weighted by atomic mass is 10.1. The zero-order chi connectivity index (χ0) is 9.97. The molecular formula is C11H10NOS+. The molecule has 0 unspecified atom stereocenters. The lowest BCUT2D eigenvalue weighted by molar-refractivity contribution is -0.104. The van der Waals surface area contributed by atoms with Gasteiger partial charge >= 0.3 is 0 Å². The summed E-state index contributed by atoms with van der Waals surface area (Å²) in [6.07, 6.45) is 1.48. The predicted molar refractivity (Wildman–Crippen MR) is 58.5 cm³/mol. The quantitative estimate of drug-likeness (QED) is 0.563. The van der Waals surface area contributed by atoms with Crippen LogP contribution in [0.25, 0.3) is 11.3 Å². The Hall–Kier alpha value is -1.48. The van der Waals surface area contributed by atoms with E-state index in [1.807, 2.05) is 36.4 Å². The van der Waals surface area contributed by atoms with E-state index in [9.17, 15) is 0 Å². The largest absolute Gasteiger partial charge is 0.449 e. The first-order valence-corrected chi connectivity index (χ1v) is 4.69. The van der Waals surface area contributed by atoms with Crippen LogP contribution in [0, 0.1) is 0 Å². The topological polar surface area (TPSA) is 38.7 Å². The number of nitrogens with two attached hydrogens (primary N) is 1. The standard InChI is InChI=1S/C11H9NOS/c12-7-9-6-10(13-11(9)14)8-4-2-1-3-5-8/h1-7,12,14H/p+1. The van der Waals surface area contributed by atoms with E-state index in [0.29, 0.717) is 5.09 Å². The number of hydrogen-bond acceptors (Lipinski definition) is 2. The van der Waals surface area contributed by atoms with Crippen molar-refractivity contribution >= 4 is 18.8 Å². The van der Waals surface area contributed by atoms with E-state index >= 15 is 0 Å². The summed E-state index contributed by atoms with van der Waals surface area (Å²) in [5.41, 5.74) is 1.84. The van der Waals surface area contributed by atoms with Gasteiger partial charge in [-0.15, -0.1) is 12.6 Å². The van der Waals surface area contributed by atoms with Crippen molar-refractivity contribution in [2.45, 2.75) is 5.09 Å². The van der Waals surface area contributed by atoms with Crippen LogP contribution in [-0.4, -0.2) is 6.21 Å². The van der Waals surface area contributed by atoms with Crippen molar-refractivity contribution in [3.05, 3.63) is 42.0 Å². The molecule has 0 amide bonds. The van der Waals surface area contributed by atoms with Gasteiger partial charge in [0.05, 0.1) is 5.56 Å². The second kappa shape index (κ2) is 3.72. The Morgan fingerprint density at radius 2 is 1.93 bits per heavy atom. The number of hydrogen-bond donors (Lipinski definition) is 2. The van der Waals surface area contributed by atoms with Crippen LogP contribution in [0.3, 0.4) is 0 Å². The monoisotopic (exact) mass is 204 g/mol. The molecule has 2 rings (SSSR count). The Morgan fingerprint density at radius 1 is 1.21 bits per heavy atom. The van der Waals surface area contributed by atoms with Crippen molar-refractivity contribution in [2.75, 3.05) is 0 Å². The fourth-order valence-electron chi connectivity index (χ4n) is 1.26. The van der Waals surface area contributed by atoms with Crippen molar-refractivity contribution in [1.82, 2.24) is 0 Å². The molecule has 2 aromatic rings. The maximum atomic E-state index is 5.44. The van der Waals surface area contributed by atoms with Gasteiger partial charge in [-0.2, -0.15) is 0 Å². The molecular weight excluding hydrogens is 194 g/mol. The van der Waals surface area contributed by atoms with Gasteiger partial charge in [-0.05, 0) is 6.07 Å². The van der Waals surface area contributed by atoms with Gasteiger partial charge in [0.1, 0.15) is 5.76 Å². The predicted octanol–water partition coefficient (Wildman–Crippen LogP) is 1.41. The summed E-state index contributed by atoms with van der Waals surface area (Å²) < 4.78 is 5.44. The molecule has 0 aliphatic rings. The summed E-state index contributed by atoms with van der Waals surface area (Å²) in [5, 5.41) is 5.96. The first-order valence-electron chi connectivity index (χ1n) is 4.24. The third kappa shape index (κ3) is 1.59. The Bertz CT molecular complexity index is 448. The Labute approximate surface area is 87.5 Å². The molecule has 1 heterocycles. The molecule has 0 aliphatic heterocycles. The highest BCUT2D eigenvalue weighted by molar-refractivity contribution is 7.80. The van der Waals surface area contributed by atoms with Crippen molar-refractivity contribution in [1.29, 1.82) is 0 Å². The molecule has 0 radical (unpaired) electrons. The molecule has 0 saturated heterocycles. The van der Waals surface area contributed by atoms with Crippen molar-refractivity contribution in [2.24, 2.45) is 0 Å². The first-order chi connectivity index (χ1) is 6.81. The van der Waals surface area contributed by atoms with Gasteiger partial charge in [-0.3, -0.25) is 5.41 Å². The average Bonchev–Trinajstić information content (AvgIpc) is 2.61. The summed E-state index contributed by atoms with van der Waals surface area (Å²) in [7, 11) is 0. The molecule has 2 N–H and O–H groups in total. The van der Waals surface area contributed by atoms with E-state index in [1.54, 1.807) is 0 Å². The summed E-state index contributed by atoms with van der Waals surface area (Å²) in [6, 6.07) is 11.7. The van der Waals surface area contributed by atoms with E-state index in [2.05, 4.69) is 12.6 Å². The number of furan rings is 1. The number of benzene rings is 1. The van der Waals surface area contributed by atoms with Crippen LogP contribution < -0.4 is 5.41 Å².